The fourth-order valence-electron chi connectivity index (χ4n) is 2.12. The van der Waals surface area contributed by atoms with Gasteiger partial charge in [0.25, 0.3) is 0 Å². The molecule has 1 aromatic carbocycles. The summed E-state index contributed by atoms with van der Waals surface area (Å²) in [5.74, 6) is 0. The van der Waals surface area contributed by atoms with Gasteiger partial charge in [0.05, 0.1) is 0 Å². The fourth-order valence-corrected chi connectivity index (χ4v) is 2.12. The van der Waals surface area contributed by atoms with Gasteiger partial charge in [-0.1, -0.05) is 29.8 Å². The average Bonchev–Trinajstić information content (AvgIpc) is 2.16. The monoisotopic (exact) mass is 232 g/mol. The molecule has 0 radical (unpaired) electrons. The summed E-state index contributed by atoms with van der Waals surface area (Å²) in [5.41, 5.74) is 3.03. The number of likely N-dealkylation sites (tertiary alicyclic amines) is 1. The lowest BCUT2D eigenvalue weighted by Crippen LogP contribution is -2.63. The summed E-state index contributed by atoms with van der Waals surface area (Å²) in [7, 11) is 0. The zero-order chi connectivity index (χ0) is 12.5. The number of benzene rings is 1. The lowest BCUT2D eigenvalue weighted by Gasteiger charge is -2.48. The molecule has 0 saturated carbocycles. The summed E-state index contributed by atoms with van der Waals surface area (Å²) in [5, 5.41) is 3.62. The highest BCUT2D eigenvalue weighted by atomic mass is 15.3. The van der Waals surface area contributed by atoms with E-state index in [2.05, 4.69) is 62.2 Å². The van der Waals surface area contributed by atoms with Gasteiger partial charge < -0.3 is 5.32 Å². The highest BCUT2D eigenvalue weighted by Crippen LogP contribution is 2.21. The van der Waals surface area contributed by atoms with Crippen molar-refractivity contribution in [2.24, 2.45) is 0 Å². The molecular weight excluding hydrogens is 208 g/mol. The van der Waals surface area contributed by atoms with Crippen molar-refractivity contribution in [1.82, 2.24) is 10.2 Å². The lowest BCUT2D eigenvalue weighted by molar-refractivity contribution is 0.0344. The van der Waals surface area contributed by atoms with E-state index in [-0.39, 0.29) is 0 Å². The normalized spacial score (nSPS) is 18.1. The van der Waals surface area contributed by atoms with Crippen LogP contribution in [0.25, 0.3) is 0 Å². The molecule has 1 heterocycles. The van der Waals surface area contributed by atoms with E-state index in [4.69, 9.17) is 0 Å². The minimum Gasteiger partial charge on any atom is -0.307 e. The number of rotatable bonds is 3. The largest absolute Gasteiger partial charge is 0.307 e. The van der Waals surface area contributed by atoms with Gasteiger partial charge >= 0.3 is 0 Å². The Morgan fingerprint density at radius 2 is 1.76 bits per heavy atom. The van der Waals surface area contributed by atoms with Crippen molar-refractivity contribution in [2.45, 2.75) is 45.8 Å². The molecule has 1 aliphatic heterocycles. The van der Waals surface area contributed by atoms with Gasteiger partial charge in [0.2, 0.25) is 0 Å². The topological polar surface area (TPSA) is 15.3 Å². The molecule has 94 valence electrons. The predicted octanol–water partition coefficient (Wildman–Crippen LogP) is 2.57. The molecule has 1 saturated heterocycles. The second kappa shape index (κ2) is 4.79. The molecule has 0 amide bonds. The first-order valence-corrected chi connectivity index (χ1v) is 6.49. The van der Waals surface area contributed by atoms with Gasteiger partial charge in [0.15, 0.2) is 0 Å². The summed E-state index contributed by atoms with van der Waals surface area (Å²) >= 11 is 0. The lowest BCUT2D eigenvalue weighted by atomic mass is 9.97. The third kappa shape index (κ3) is 3.30. The van der Waals surface area contributed by atoms with Crippen LogP contribution in [0.3, 0.4) is 0 Å². The molecule has 1 aliphatic rings. The third-order valence-electron chi connectivity index (χ3n) is 3.55. The van der Waals surface area contributed by atoms with Crippen LogP contribution < -0.4 is 5.32 Å². The first-order valence-electron chi connectivity index (χ1n) is 6.49. The Hall–Kier alpha value is -0.860. The molecule has 0 aromatic heterocycles. The van der Waals surface area contributed by atoms with Gasteiger partial charge in [-0.3, -0.25) is 4.90 Å². The predicted molar refractivity (Wildman–Crippen MR) is 73.1 cm³/mol. The van der Waals surface area contributed by atoms with Crippen molar-refractivity contribution in [3.63, 3.8) is 0 Å². The van der Waals surface area contributed by atoms with Gasteiger partial charge in [0, 0.05) is 31.2 Å². The van der Waals surface area contributed by atoms with Crippen LogP contribution in [0, 0.1) is 6.92 Å². The SMILES string of the molecule is Cc1ccc(CNC2CN(C(C)(C)C)C2)cc1. The molecule has 2 nitrogen and oxygen atoms in total. The van der Waals surface area contributed by atoms with Crippen molar-refractivity contribution >= 4 is 0 Å². The molecule has 2 rings (SSSR count). The smallest absolute Gasteiger partial charge is 0.0326 e. The molecule has 1 N–H and O–H groups in total. The summed E-state index contributed by atoms with van der Waals surface area (Å²) in [6, 6.07) is 9.44. The second-order valence-electron chi connectivity index (χ2n) is 6.14. The number of nitrogens with one attached hydrogen (secondary N) is 1. The van der Waals surface area contributed by atoms with Crippen LogP contribution in [0.5, 0.6) is 0 Å². The van der Waals surface area contributed by atoms with E-state index >= 15 is 0 Å². The highest BCUT2D eigenvalue weighted by Gasteiger charge is 2.33. The molecule has 2 heteroatoms. The minimum absolute atomic E-state index is 0.321. The molecular formula is C15H24N2. The van der Waals surface area contributed by atoms with E-state index < -0.39 is 0 Å². The van der Waals surface area contributed by atoms with Crippen molar-refractivity contribution in [3.05, 3.63) is 35.4 Å². The maximum atomic E-state index is 3.62. The van der Waals surface area contributed by atoms with Crippen LogP contribution in [0.1, 0.15) is 31.9 Å². The van der Waals surface area contributed by atoms with Crippen LogP contribution in [0.15, 0.2) is 24.3 Å². The molecule has 0 bridgehead atoms. The van der Waals surface area contributed by atoms with E-state index in [1.54, 1.807) is 0 Å². The Kier molecular flexibility index (Phi) is 3.55. The summed E-state index contributed by atoms with van der Waals surface area (Å²) in [6.07, 6.45) is 0. The molecule has 17 heavy (non-hydrogen) atoms. The molecule has 0 spiro atoms. The molecule has 0 atom stereocenters. The molecule has 1 aromatic rings. The van der Waals surface area contributed by atoms with Crippen LogP contribution >= 0.6 is 0 Å². The summed E-state index contributed by atoms with van der Waals surface area (Å²) in [4.78, 5) is 2.51. The standard InChI is InChI=1S/C15H24N2/c1-12-5-7-13(8-6-12)9-16-14-10-17(11-14)15(2,3)4/h5-8,14,16H,9-11H2,1-4H3. The van der Waals surface area contributed by atoms with Crippen LogP contribution in [0.2, 0.25) is 0 Å². The van der Waals surface area contributed by atoms with E-state index in [9.17, 15) is 0 Å². The van der Waals surface area contributed by atoms with Crippen LogP contribution in [0.4, 0.5) is 0 Å². The summed E-state index contributed by atoms with van der Waals surface area (Å²) in [6.45, 7) is 12.3. The first kappa shape index (κ1) is 12.6. The van der Waals surface area contributed by atoms with E-state index in [1.165, 1.54) is 24.2 Å². The van der Waals surface area contributed by atoms with E-state index in [0.29, 0.717) is 11.6 Å². The highest BCUT2D eigenvalue weighted by molar-refractivity contribution is 5.21. The average molecular weight is 232 g/mol. The van der Waals surface area contributed by atoms with Crippen molar-refractivity contribution in [1.29, 1.82) is 0 Å². The Morgan fingerprint density at radius 3 is 2.29 bits per heavy atom. The van der Waals surface area contributed by atoms with Crippen molar-refractivity contribution < 1.29 is 0 Å². The third-order valence-corrected chi connectivity index (χ3v) is 3.55. The van der Waals surface area contributed by atoms with E-state index in [1.807, 2.05) is 0 Å². The number of hydrogen-bond donors (Lipinski definition) is 1. The summed E-state index contributed by atoms with van der Waals surface area (Å²) < 4.78 is 0. The second-order valence-corrected chi connectivity index (χ2v) is 6.14. The van der Waals surface area contributed by atoms with Gasteiger partial charge in [-0.15, -0.1) is 0 Å². The fraction of sp³-hybridized carbons (Fsp3) is 0.600. The molecule has 1 fully saturated rings. The van der Waals surface area contributed by atoms with E-state index in [0.717, 1.165) is 6.54 Å². The van der Waals surface area contributed by atoms with Gasteiger partial charge in [-0.25, -0.2) is 0 Å². The van der Waals surface area contributed by atoms with Crippen LogP contribution in [-0.4, -0.2) is 29.6 Å². The Bertz CT molecular complexity index is 356. The Morgan fingerprint density at radius 1 is 1.18 bits per heavy atom. The minimum atomic E-state index is 0.321. The number of aryl methyl sites for hydroxylation is 1. The Labute approximate surface area is 105 Å². The quantitative estimate of drug-likeness (QED) is 0.861. The van der Waals surface area contributed by atoms with Gasteiger partial charge in [0.1, 0.15) is 0 Å². The zero-order valence-electron chi connectivity index (χ0n) is 11.5. The number of hydrogen-bond acceptors (Lipinski definition) is 2. The van der Waals surface area contributed by atoms with Crippen molar-refractivity contribution in [3.8, 4) is 0 Å². The maximum Gasteiger partial charge on any atom is 0.0326 e. The van der Waals surface area contributed by atoms with Gasteiger partial charge in [-0.05, 0) is 33.3 Å². The molecule has 0 unspecified atom stereocenters. The first-order chi connectivity index (χ1) is 7.95. The maximum absolute atomic E-state index is 3.62. The van der Waals surface area contributed by atoms with Gasteiger partial charge in [-0.2, -0.15) is 0 Å². The Balaban J connectivity index is 1.73. The zero-order valence-corrected chi connectivity index (χ0v) is 11.5. The van der Waals surface area contributed by atoms with Crippen molar-refractivity contribution in [2.75, 3.05) is 13.1 Å². The number of nitrogens with zero attached hydrogens (tertiary/aromatic N) is 1. The van der Waals surface area contributed by atoms with Crippen LogP contribution in [-0.2, 0) is 6.54 Å². The molecule has 0 aliphatic carbocycles.